The maximum absolute atomic E-state index is 5.79. The molecule has 19 heavy (non-hydrogen) atoms. The van der Waals surface area contributed by atoms with E-state index >= 15 is 0 Å². The van der Waals surface area contributed by atoms with Crippen LogP contribution in [0.25, 0.3) is 0 Å². The van der Waals surface area contributed by atoms with Crippen molar-refractivity contribution in [1.29, 1.82) is 0 Å². The highest BCUT2D eigenvalue weighted by Gasteiger charge is 2.29. The molecule has 2 nitrogen and oxygen atoms in total. The summed E-state index contributed by atoms with van der Waals surface area (Å²) >= 11 is 0. The third-order valence-electron chi connectivity index (χ3n) is 4.34. The van der Waals surface area contributed by atoms with Gasteiger partial charge in [0.2, 0.25) is 0 Å². The molecule has 1 N–H and O–H groups in total. The Balaban J connectivity index is 2.33. The predicted molar refractivity (Wildman–Crippen MR) is 83.5 cm³/mol. The first-order valence-electron chi connectivity index (χ1n) is 8.48. The smallest absolute Gasteiger partial charge is 0.0488 e. The van der Waals surface area contributed by atoms with E-state index in [4.69, 9.17) is 4.74 Å². The Labute approximate surface area is 120 Å². The lowest BCUT2D eigenvalue weighted by molar-refractivity contribution is 0.0795. The molecule has 0 aromatic heterocycles. The maximum Gasteiger partial charge on any atom is 0.0488 e. The summed E-state index contributed by atoms with van der Waals surface area (Å²) in [6, 6.07) is 0.737. The zero-order valence-corrected chi connectivity index (χ0v) is 13.6. The first-order valence-corrected chi connectivity index (χ1v) is 8.48. The second-order valence-corrected chi connectivity index (χ2v) is 6.65. The van der Waals surface area contributed by atoms with Crippen molar-refractivity contribution in [2.45, 2.75) is 72.3 Å². The highest BCUT2D eigenvalue weighted by molar-refractivity contribution is 4.84. The fourth-order valence-electron chi connectivity index (χ4n) is 3.44. The number of ether oxygens (including phenoxy) is 1. The van der Waals surface area contributed by atoms with E-state index in [1.54, 1.807) is 0 Å². The van der Waals surface area contributed by atoms with Gasteiger partial charge in [-0.25, -0.2) is 0 Å². The van der Waals surface area contributed by atoms with E-state index in [1.165, 1.54) is 38.5 Å². The molecule has 1 fully saturated rings. The van der Waals surface area contributed by atoms with Gasteiger partial charge in [0.15, 0.2) is 0 Å². The molecule has 114 valence electrons. The van der Waals surface area contributed by atoms with Crippen LogP contribution in [0.1, 0.15) is 66.2 Å². The van der Waals surface area contributed by atoms with Gasteiger partial charge in [-0.2, -0.15) is 0 Å². The van der Waals surface area contributed by atoms with Gasteiger partial charge in [0.05, 0.1) is 0 Å². The van der Waals surface area contributed by atoms with Crippen molar-refractivity contribution in [1.82, 2.24) is 5.32 Å². The Morgan fingerprint density at radius 1 is 1.16 bits per heavy atom. The van der Waals surface area contributed by atoms with Gasteiger partial charge in [-0.1, -0.05) is 40.5 Å². The monoisotopic (exact) mass is 269 g/mol. The minimum Gasteiger partial charge on any atom is -0.381 e. The molecule has 1 rings (SSSR count). The molecule has 0 aliphatic heterocycles. The van der Waals surface area contributed by atoms with Crippen LogP contribution < -0.4 is 5.32 Å². The normalized spacial score (nSPS) is 27.9. The molecule has 0 amide bonds. The summed E-state index contributed by atoms with van der Waals surface area (Å²) < 4.78 is 5.79. The number of hydrogen-bond donors (Lipinski definition) is 1. The van der Waals surface area contributed by atoms with Gasteiger partial charge in [-0.05, 0) is 50.0 Å². The second kappa shape index (κ2) is 9.77. The fraction of sp³-hybridized carbons (Fsp3) is 1.00. The summed E-state index contributed by atoms with van der Waals surface area (Å²) in [5.74, 6) is 2.45. The van der Waals surface area contributed by atoms with Crippen molar-refractivity contribution in [3.8, 4) is 0 Å². The van der Waals surface area contributed by atoms with E-state index in [2.05, 4.69) is 33.0 Å². The van der Waals surface area contributed by atoms with Gasteiger partial charge in [0.25, 0.3) is 0 Å². The Bertz CT molecular complexity index is 217. The molecule has 1 aliphatic rings. The number of nitrogens with one attached hydrogen (secondary N) is 1. The lowest BCUT2D eigenvalue weighted by Gasteiger charge is -2.37. The first kappa shape index (κ1) is 17.0. The molecule has 0 radical (unpaired) electrons. The van der Waals surface area contributed by atoms with Crippen LogP contribution in [0.15, 0.2) is 0 Å². The van der Waals surface area contributed by atoms with Crippen molar-refractivity contribution in [3.63, 3.8) is 0 Å². The van der Waals surface area contributed by atoms with Crippen molar-refractivity contribution in [2.24, 2.45) is 17.8 Å². The Kier molecular flexibility index (Phi) is 8.72. The lowest BCUT2D eigenvalue weighted by Crippen LogP contribution is -2.41. The summed E-state index contributed by atoms with van der Waals surface area (Å²) in [6.07, 6.45) is 8.21. The highest BCUT2D eigenvalue weighted by Crippen LogP contribution is 2.34. The fourth-order valence-corrected chi connectivity index (χ4v) is 3.44. The third-order valence-corrected chi connectivity index (χ3v) is 4.34. The van der Waals surface area contributed by atoms with E-state index in [1.807, 2.05) is 0 Å². The van der Waals surface area contributed by atoms with Crippen LogP contribution in [0, 0.1) is 17.8 Å². The van der Waals surface area contributed by atoms with Crippen molar-refractivity contribution in [2.75, 3.05) is 19.8 Å². The standard InChI is InChI=1S/C17H35NO/c1-5-7-15-8-9-17(18-6-2)16(12-15)10-11-19-13-14(3)4/h14-18H,5-13H2,1-4H3. The van der Waals surface area contributed by atoms with Crippen LogP contribution in [-0.2, 0) is 4.74 Å². The maximum atomic E-state index is 5.79. The van der Waals surface area contributed by atoms with Crippen LogP contribution in [0.3, 0.4) is 0 Å². The van der Waals surface area contributed by atoms with Gasteiger partial charge in [-0.15, -0.1) is 0 Å². The average Bonchev–Trinajstić information content (AvgIpc) is 2.37. The van der Waals surface area contributed by atoms with Gasteiger partial charge >= 0.3 is 0 Å². The van der Waals surface area contributed by atoms with Crippen molar-refractivity contribution >= 4 is 0 Å². The van der Waals surface area contributed by atoms with E-state index in [0.29, 0.717) is 5.92 Å². The molecular weight excluding hydrogens is 234 g/mol. The molecule has 1 saturated carbocycles. The molecular formula is C17H35NO. The second-order valence-electron chi connectivity index (χ2n) is 6.65. The molecule has 3 atom stereocenters. The summed E-state index contributed by atoms with van der Waals surface area (Å²) in [7, 11) is 0. The zero-order valence-electron chi connectivity index (χ0n) is 13.6. The first-order chi connectivity index (χ1) is 9.17. The molecule has 0 bridgehead atoms. The number of rotatable bonds is 9. The Morgan fingerprint density at radius 3 is 2.58 bits per heavy atom. The SMILES string of the molecule is CCCC1CCC(NCC)C(CCOCC(C)C)C1. The molecule has 0 spiro atoms. The van der Waals surface area contributed by atoms with Gasteiger partial charge in [0, 0.05) is 19.3 Å². The van der Waals surface area contributed by atoms with Crippen LogP contribution >= 0.6 is 0 Å². The van der Waals surface area contributed by atoms with E-state index in [0.717, 1.165) is 37.6 Å². The van der Waals surface area contributed by atoms with Crippen LogP contribution in [0.4, 0.5) is 0 Å². The molecule has 1 aliphatic carbocycles. The lowest BCUT2D eigenvalue weighted by atomic mass is 9.75. The minimum absolute atomic E-state index is 0.656. The largest absolute Gasteiger partial charge is 0.381 e. The minimum atomic E-state index is 0.656. The Morgan fingerprint density at radius 2 is 1.95 bits per heavy atom. The highest BCUT2D eigenvalue weighted by atomic mass is 16.5. The molecule has 2 heteroatoms. The summed E-state index contributed by atoms with van der Waals surface area (Å²) in [4.78, 5) is 0. The van der Waals surface area contributed by atoms with Crippen molar-refractivity contribution < 1.29 is 4.74 Å². The Hall–Kier alpha value is -0.0800. The summed E-state index contributed by atoms with van der Waals surface area (Å²) in [6.45, 7) is 12.0. The zero-order chi connectivity index (χ0) is 14.1. The molecule has 0 aromatic carbocycles. The van der Waals surface area contributed by atoms with Gasteiger partial charge in [-0.3, -0.25) is 0 Å². The van der Waals surface area contributed by atoms with E-state index in [9.17, 15) is 0 Å². The quantitative estimate of drug-likeness (QED) is 0.632. The number of hydrogen-bond acceptors (Lipinski definition) is 2. The van der Waals surface area contributed by atoms with E-state index in [-0.39, 0.29) is 0 Å². The van der Waals surface area contributed by atoms with Crippen LogP contribution in [0.2, 0.25) is 0 Å². The summed E-state index contributed by atoms with van der Waals surface area (Å²) in [5.41, 5.74) is 0. The summed E-state index contributed by atoms with van der Waals surface area (Å²) in [5, 5.41) is 3.69. The average molecular weight is 269 g/mol. The molecule has 0 saturated heterocycles. The van der Waals surface area contributed by atoms with Gasteiger partial charge in [0.1, 0.15) is 0 Å². The predicted octanol–water partition coefficient (Wildman–Crippen LogP) is 4.24. The van der Waals surface area contributed by atoms with Crippen LogP contribution in [-0.4, -0.2) is 25.8 Å². The third kappa shape index (κ3) is 6.76. The van der Waals surface area contributed by atoms with Gasteiger partial charge < -0.3 is 10.1 Å². The molecule has 3 unspecified atom stereocenters. The molecule has 0 aromatic rings. The van der Waals surface area contributed by atoms with E-state index < -0.39 is 0 Å². The molecule has 0 heterocycles. The van der Waals surface area contributed by atoms with Crippen molar-refractivity contribution in [3.05, 3.63) is 0 Å². The van der Waals surface area contributed by atoms with Crippen LogP contribution in [0.5, 0.6) is 0 Å². The topological polar surface area (TPSA) is 21.3 Å².